The van der Waals surface area contributed by atoms with E-state index < -0.39 is 6.10 Å². The third kappa shape index (κ3) is 2.20. The summed E-state index contributed by atoms with van der Waals surface area (Å²) in [6.07, 6.45) is 7.90. The molecule has 4 atom stereocenters. The molecule has 0 radical (unpaired) electrons. The first kappa shape index (κ1) is 13.1. The van der Waals surface area contributed by atoms with Crippen LogP contribution in [0.25, 0.3) is 0 Å². The number of aliphatic hydroxyl groups excluding tert-OH is 1. The Balaban J connectivity index is 1.83. The number of fused-ring (bicyclic) bond motifs is 1. The van der Waals surface area contributed by atoms with Crippen LogP contribution in [-0.2, 0) is 9.59 Å². The van der Waals surface area contributed by atoms with Crippen LogP contribution in [0.3, 0.4) is 0 Å². The van der Waals surface area contributed by atoms with Gasteiger partial charge in [-0.3, -0.25) is 14.5 Å². The van der Waals surface area contributed by atoms with E-state index in [1.54, 1.807) is 0 Å². The number of carbonyl (C=O) groups excluding carboxylic acids is 2. The average molecular weight is 265 g/mol. The highest BCUT2D eigenvalue weighted by molar-refractivity contribution is 6.05. The molecular weight excluding hydrogens is 242 g/mol. The van der Waals surface area contributed by atoms with Gasteiger partial charge in [-0.2, -0.15) is 0 Å². The molecule has 106 valence electrons. The van der Waals surface area contributed by atoms with Crippen molar-refractivity contribution in [1.82, 2.24) is 4.90 Å². The predicted molar refractivity (Wildman–Crippen MR) is 70.2 cm³/mol. The topological polar surface area (TPSA) is 57.6 Å². The first-order valence-electron chi connectivity index (χ1n) is 7.75. The highest BCUT2D eigenvalue weighted by Crippen LogP contribution is 2.40. The molecule has 0 aromatic carbocycles. The van der Waals surface area contributed by atoms with Crippen LogP contribution in [0.1, 0.15) is 57.8 Å². The molecule has 4 unspecified atom stereocenters. The van der Waals surface area contributed by atoms with Gasteiger partial charge in [-0.05, 0) is 25.7 Å². The second-order valence-electron chi connectivity index (χ2n) is 6.32. The lowest BCUT2D eigenvalue weighted by atomic mass is 9.81. The smallest absolute Gasteiger partial charge is 0.233 e. The van der Waals surface area contributed by atoms with E-state index in [4.69, 9.17) is 0 Å². The van der Waals surface area contributed by atoms with Crippen LogP contribution in [0.2, 0.25) is 0 Å². The molecule has 0 spiro atoms. The lowest BCUT2D eigenvalue weighted by Gasteiger charge is -2.29. The maximum Gasteiger partial charge on any atom is 0.233 e. The van der Waals surface area contributed by atoms with Gasteiger partial charge in [0.1, 0.15) is 0 Å². The van der Waals surface area contributed by atoms with Crippen LogP contribution in [0.15, 0.2) is 0 Å². The molecule has 0 bridgehead atoms. The lowest BCUT2D eigenvalue weighted by Crippen LogP contribution is -2.47. The van der Waals surface area contributed by atoms with E-state index in [1.165, 1.54) is 4.90 Å². The van der Waals surface area contributed by atoms with Gasteiger partial charge in [-0.25, -0.2) is 0 Å². The van der Waals surface area contributed by atoms with Crippen molar-refractivity contribution in [3.8, 4) is 0 Å². The van der Waals surface area contributed by atoms with Crippen LogP contribution in [0.4, 0.5) is 0 Å². The second kappa shape index (κ2) is 5.23. The zero-order chi connectivity index (χ0) is 13.4. The standard InChI is InChI=1S/C15H23NO3/c17-13-9-3-1-2-8-12(13)16-14(18)10-6-4-5-7-11(10)15(16)19/h10-13,17H,1-9H2. The minimum absolute atomic E-state index is 0.000602. The van der Waals surface area contributed by atoms with E-state index in [2.05, 4.69) is 0 Å². The Labute approximate surface area is 114 Å². The molecule has 1 N–H and O–H groups in total. The van der Waals surface area contributed by atoms with Gasteiger partial charge < -0.3 is 5.11 Å². The highest BCUT2D eigenvalue weighted by atomic mass is 16.3. The fourth-order valence-electron chi connectivity index (χ4n) is 4.08. The molecule has 3 fully saturated rings. The summed E-state index contributed by atoms with van der Waals surface area (Å²) in [6, 6.07) is -0.256. The van der Waals surface area contributed by atoms with Gasteiger partial charge in [0.25, 0.3) is 0 Å². The van der Waals surface area contributed by atoms with Crippen LogP contribution < -0.4 is 0 Å². The van der Waals surface area contributed by atoms with Crippen molar-refractivity contribution >= 4 is 11.8 Å². The molecule has 1 aliphatic heterocycles. The molecular formula is C15H23NO3. The third-order valence-electron chi connectivity index (χ3n) is 5.15. The number of aliphatic hydroxyl groups is 1. The summed E-state index contributed by atoms with van der Waals surface area (Å²) in [5.41, 5.74) is 0. The zero-order valence-corrected chi connectivity index (χ0v) is 11.4. The number of nitrogens with zero attached hydrogens (tertiary/aromatic N) is 1. The van der Waals surface area contributed by atoms with E-state index >= 15 is 0 Å². The molecule has 4 nitrogen and oxygen atoms in total. The number of rotatable bonds is 1. The first-order chi connectivity index (χ1) is 9.20. The van der Waals surface area contributed by atoms with Crippen LogP contribution in [0, 0.1) is 11.8 Å². The van der Waals surface area contributed by atoms with Gasteiger partial charge in [0.2, 0.25) is 11.8 Å². The minimum atomic E-state index is -0.518. The van der Waals surface area contributed by atoms with Crippen LogP contribution in [-0.4, -0.2) is 34.0 Å². The van der Waals surface area contributed by atoms with Gasteiger partial charge in [0, 0.05) is 0 Å². The molecule has 4 heteroatoms. The number of likely N-dealkylation sites (tertiary alicyclic amines) is 1. The summed E-state index contributed by atoms with van der Waals surface area (Å²) in [7, 11) is 0. The number of hydrogen-bond donors (Lipinski definition) is 1. The molecule has 2 aliphatic carbocycles. The number of carbonyl (C=O) groups is 2. The number of hydrogen-bond acceptors (Lipinski definition) is 3. The van der Waals surface area contributed by atoms with Crippen molar-refractivity contribution in [3.63, 3.8) is 0 Å². The van der Waals surface area contributed by atoms with Crippen molar-refractivity contribution in [1.29, 1.82) is 0 Å². The Kier molecular flexibility index (Phi) is 3.61. The fraction of sp³-hybridized carbons (Fsp3) is 0.867. The normalized spacial score (nSPS) is 40.2. The molecule has 0 aromatic heterocycles. The summed E-state index contributed by atoms with van der Waals surface area (Å²) in [5.74, 6) is -0.172. The largest absolute Gasteiger partial charge is 0.391 e. The van der Waals surface area contributed by atoms with Gasteiger partial charge in [0.05, 0.1) is 24.0 Å². The quantitative estimate of drug-likeness (QED) is 0.581. The Morgan fingerprint density at radius 3 is 1.95 bits per heavy atom. The summed E-state index contributed by atoms with van der Waals surface area (Å²) < 4.78 is 0. The van der Waals surface area contributed by atoms with Crippen molar-refractivity contribution in [3.05, 3.63) is 0 Å². The van der Waals surface area contributed by atoms with Gasteiger partial charge >= 0.3 is 0 Å². The Bertz CT molecular complexity index is 358. The van der Waals surface area contributed by atoms with Crippen LogP contribution in [0.5, 0.6) is 0 Å². The third-order valence-corrected chi connectivity index (χ3v) is 5.15. The SMILES string of the molecule is O=C1C2CCCCC2C(=O)N1C1CCCCCC1O. The van der Waals surface area contributed by atoms with Crippen molar-refractivity contribution < 1.29 is 14.7 Å². The summed E-state index contributed by atoms with van der Waals surface area (Å²) >= 11 is 0. The Morgan fingerprint density at radius 2 is 1.32 bits per heavy atom. The number of amides is 2. The van der Waals surface area contributed by atoms with E-state index in [1.807, 2.05) is 0 Å². The van der Waals surface area contributed by atoms with Crippen molar-refractivity contribution in [2.45, 2.75) is 69.9 Å². The molecule has 1 heterocycles. The average Bonchev–Trinajstić information content (AvgIpc) is 2.57. The molecule has 1 saturated heterocycles. The molecule has 2 saturated carbocycles. The zero-order valence-electron chi connectivity index (χ0n) is 11.4. The minimum Gasteiger partial charge on any atom is -0.391 e. The Hall–Kier alpha value is -0.900. The van der Waals surface area contributed by atoms with Crippen molar-refractivity contribution in [2.24, 2.45) is 11.8 Å². The first-order valence-corrected chi connectivity index (χ1v) is 7.75. The monoisotopic (exact) mass is 265 g/mol. The van der Waals surface area contributed by atoms with Crippen LogP contribution >= 0.6 is 0 Å². The van der Waals surface area contributed by atoms with Gasteiger partial charge in [-0.15, -0.1) is 0 Å². The number of imide groups is 1. The van der Waals surface area contributed by atoms with Gasteiger partial charge in [0.15, 0.2) is 0 Å². The van der Waals surface area contributed by atoms with E-state index in [0.29, 0.717) is 0 Å². The molecule has 2 amide bonds. The lowest BCUT2D eigenvalue weighted by molar-refractivity contribution is -0.145. The maximum atomic E-state index is 12.5. The summed E-state index contributed by atoms with van der Waals surface area (Å²) in [6.45, 7) is 0. The predicted octanol–water partition coefficient (Wildman–Crippen LogP) is 1.86. The molecule has 19 heavy (non-hydrogen) atoms. The van der Waals surface area contributed by atoms with E-state index in [9.17, 15) is 14.7 Å². The molecule has 3 aliphatic rings. The summed E-state index contributed by atoms with van der Waals surface area (Å²) in [4.78, 5) is 26.5. The van der Waals surface area contributed by atoms with Crippen molar-refractivity contribution in [2.75, 3.05) is 0 Å². The Morgan fingerprint density at radius 1 is 0.789 bits per heavy atom. The molecule has 0 aromatic rings. The maximum absolute atomic E-state index is 12.5. The molecule has 3 rings (SSSR count). The van der Waals surface area contributed by atoms with E-state index in [0.717, 1.165) is 57.8 Å². The van der Waals surface area contributed by atoms with E-state index in [-0.39, 0.29) is 29.7 Å². The second-order valence-corrected chi connectivity index (χ2v) is 6.32. The fourth-order valence-corrected chi connectivity index (χ4v) is 4.08. The summed E-state index contributed by atoms with van der Waals surface area (Å²) in [5, 5.41) is 10.2. The highest BCUT2D eigenvalue weighted by Gasteiger charge is 2.51. The van der Waals surface area contributed by atoms with Gasteiger partial charge in [-0.1, -0.05) is 32.1 Å².